The number of hydrogen-bond donors (Lipinski definition) is 3. The monoisotopic (exact) mass is 251 g/mol. The van der Waals surface area contributed by atoms with Crippen molar-refractivity contribution in [1.29, 1.82) is 0 Å². The molecule has 1 amide bonds. The van der Waals surface area contributed by atoms with Crippen LogP contribution in [0.15, 0.2) is 12.3 Å². The van der Waals surface area contributed by atoms with E-state index < -0.39 is 0 Å². The number of aromatic nitrogens is 1. The number of carbonyl (C=O) groups is 1. The molecule has 1 aromatic heterocycles. The maximum Gasteiger partial charge on any atom is 0.253 e. The van der Waals surface area contributed by atoms with E-state index in [0.29, 0.717) is 29.9 Å². The molecule has 5 nitrogen and oxygen atoms in total. The van der Waals surface area contributed by atoms with Gasteiger partial charge in [-0.3, -0.25) is 9.78 Å². The number of carbonyl (C=O) groups excluding carboxylic acids is 1. The first kappa shape index (κ1) is 14.4. The van der Waals surface area contributed by atoms with E-state index in [0.717, 1.165) is 0 Å². The lowest BCUT2D eigenvalue weighted by Crippen LogP contribution is -2.35. The van der Waals surface area contributed by atoms with E-state index in [1.54, 1.807) is 13.0 Å². The van der Waals surface area contributed by atoms with Gasteiger partial charge in [-0.15, -0.1) is 0 Å². The summed E-state index contributed by atoms with van der Waals surface area (Å²) in [5.74, 6) is -0.182. The minimum atomic E-state index is -0.182. The molecule has 0 bridgehead atoms. The molecule has 5 heteroatoms. The molecule has 0 aromatic carbocycles. The quantitative estimate of drug-likeness (QED) is 0.731. The molecule has 4 N–H and O–H groups in total. The largest absolute Gasteiger partial charge is 0.397 e. The van der Waals surface area contributed by atoms with Crippen molar-refractivity contribution in [1.82, 2.24) is 10.3 Å². The van der Waals surface area contributed by atoms with Gasteiger partial charge >= 0.3 is 0 Å². The number of nitrogens with one attached hydrogen (secondary N) is 1. The molecule has 0 aliphatic carbocycles. The Balaban J connectivity index is 2.69. The number of aliphatic hydroxyl groups is 1. The Morgan fingerprint density at radius 2 is 2.22 bits per heavy atom. The van der Waals surface area contributed by atoms with Crippen LogP contribution < -0.4 is 11.1 Å². The van der Waals surface area contributed by atoms with E-state index in [2.05, 4.69) is 10.3 Å². The fourth-order valence-corrected chi connectivity index (χ4v) is 1.58. The van der Waals surface area contributed by atoms with Crippen LogP contribution in [0.2, 0.25) is 0 Å². The van der Waals surface area contributed by atoms with E-state index in [-0.39, 0.29) is 17.9 Å². The summed E-state index contributed by atoms with van der Waals surface area (Å²) in [6.45, 7) is 6.37. The zero-order valence-corrected chi connectivity index (χ0v) is 11.2. The number of aliphatic hydroxyl groups excluding tert-OH is 1. The molecule has 100 valence electrons. The number of nitrogens with two attached hydrogens (primary N) is 1. The Kier molecular flexibility index (Phi) is 4.67. The summed E-state index contributed by atoms with van der Waals surface area (Å²) in [5, 5.41) is 11.8. The Bertz CT molecular complexity index is 430. The van der Waals surface area contributed by atoms with Crippen molar-refractivity contribution in [2.75, 3.05) is 18.9 Å². The molecule has 0 atom stereocenters. The number of anilines is 1. The lowest BCUT2D eigenvalue weighted by atomic mass is 9.89. The van der Waals surface area contributed by atoms with Gasteiger partial charge in [0, 0.05) is 13.2 Å². The zero-order chi connectivity index (χ0) is 13.8. The molecule has 0 spiro atoms. The van der Waals surface area contributed by atoms with Crippen LogP contribution in [0.3, 0.4) is 0 Å². The van der Waals surface area contributed by atoms with E-state index >= 15 is 0 Å². The summed E-state index contributed by atoms with van der Waals surface area (Å²) in [6.07, 6.45) is 2.17. The van der Waals surface area contributed by atoms with Crippen LogP contribution in [0, 0.1) is 12.3 Å². The van der Waals surface area contributed by atoms with Crippen LogP contribution in [-0.4, -0.2) is 29.1 Å². The molecule has 0 aliphatic rings. The summed E-state index contributed by atoms with van der Waals surface area (Å²) in [7, 11) is 0. The topological polar surface area (TPSA) is 88.2 Å². The molecule has 0 saturated carbocycles. The van der Waals surface area contributed by atoms with Crippen molar-refractivity contribution in [2.24, 2.45) is 5.41 Å². The van der Waals surface area contributed by atoms with Crippen molar-refractivity contribution in [2.45, 2.75) is 27.2 Å². The van der Waals surface area contributed by atoms with E-state index in [4.69, 9.17) is 10.8 Å². The smallest absolute Gasteiger partial charge is 0.253 e. The minimum absolute atomic E-state index is 0.113. The Morgan fingerprint density at radius 1 is 1.56 bits per heavy atom. The Hall–Kier alpha value is -1.62. The highest BCUT2D eigenvalue weighted by Crippen LogP contribution is 2.18. The molecule has 0 unspecified atom stereocenters. The first-order chi connectivity index (χ1) is 8.35. The second-order valence-electron chi connectivity index (χ2n) is 5.22. The molecule has 0 fully saturated rings. The van der Waals surface area contributed by atoms with E-state index in [1.165, 1.54) is 6.20 Å². The van der Waals surface area contributed by atoms with Crippen LogP contribution in [-0.2, 0) is 0 Å². The van der Waals surface area contributed by atoms with Crippen LogP contribution in [0.1, 0.15) is 36.3 Å². The van der Waals surface area contributed by atoms with Gasteiger partial charge in [0.1, 0.15) is 0 Å². The van der Waals surface area contributed by atoms with Gasteiger partial charge in [0.15, 0.2) is 0 Å². The van der Waals surface area contributed by atoms with Crippen LogP contribution >= 0.6 is 0 Å². The number of amides is 1. The van der Waals surface area contributed by atoms with Crippen LogP contribution in [0.5, 0.6) is 0 Å². The normalized spacial score (nSPS) is 11.3. The highest BCUT2D eigenvalue weighted by Gasteiger charge is 2.19. The highest BCUT2D eigenvalue weighted by atomic mass is 16.3. The van der Waals surface area contributed by atoms with Gasteiger partial charge in [0.2, 0.25) is 0 Å². The Morgan fingerprint density at radius 3 is 2.83 bits per heavy atom. The molecule has 0 aliphatic heterocycles. The summed E-state index contributed by atoms with van der Waals surface area (Å²) in [5.41, 5.74) is 7.11. The fraction of sp³-hybridized carbons (Fsp3) is 0.538. The summed E-state index contributed by atoms with van der Waals surface area (Å²) < 4.78 is 0. The number of hydrogen-bond acceptors (Lipinski definition) is 4. The third kappa shape index (κ3) is 4.00. The van der Waals surface area contributed by atoms with E-state index in [1.807, 2.05) is 13.8 Å². The van der Waals surface area contributed by atoms with Gasteiger partial charge in [-0.1, -0.05) is 13.8 Å². The van der Waals surface area contributed by atoms with Crippen molar-refractivity contribution in [3.63, 3.8) is 0 Å². The van der Waals surface area contributed by atoms with Crippen molar-refractivity contribution >= 4 is 11.6 Å². The standard InChI is InChI=1S/C13H21N3O2/c1-9-11(6-10(14)7-15-9)12(18)16-8-13(2,3)4-5-17/h6-7,17H,4-5,8,14H2,1-3H3,(H,16,18). The van der Waals surface area contributed by atoms with Crippen LogP contribution in [0.25, 0.3) is 0 Å². The minimum Gasteiger partial charge on any atom is -0.397 e. The number of nitrogens with zero attached hydrogens (tertiary/aromatic N) is 1. The average molecular weight is 251 g/mol. The molecule has 1 aromatic rings. The van der Waals surface area contributed by atoms with Gasteiger partial charge in [0.25, 0.3) is 5.91 Å². The van der Waals surface area contributed by atoms with Crippen molar-refractivity contribution in [3.05, 3.63) is 23.5 Å². The lowest BCUT2D eigenvalue weighted by Gasteiger charge is -2.24. The van der Waals surface area contributed by atoms with Gasteiger partial charge in [-0.2, -0.15) is 0 Å². The molecule has 0 saturated heterocycles. The molecule has 1 heterocycles. The fourth-order valence-electron chi connectivity index (χ4n) is 1.58. The first-order valence-corrected chi connectivity index (χ1v) is 5.97. The molecular weight excluding hydrogens is 230 g/mol. The second kappa shape index (κ2) is 5.82. The molecule has 18 heavy (non-hydrogen) atoms. The Labute approximate surface area is 107 Å². The highest BCUT2D eigenvalue weighted by molar-refractivity contribution is 5.95. The van der Waals surface area contributed by atoms with Crippen molar-refractivity contribution < 1.29 is 9.90 Å². The molecular formula is C13H21N3O2. The second-order valence-corrected chi connectivity index (χ2v) is 5.22. The van der Waals surface area contributed by atoms with Gasteiger partial charge in [0.05, 0.1) is 23.1 Å². The third-order valence-corrected chi connectivity index (χ3v) is 2.87. The summed E-state index contributed by atoms with van der Waals surface area (Å²) >= 11 is 0. The lowest BCUT2D eigenvalue weighted by molar-refractivity contribution is 0.0927. The SMILES string of the molecule is Cc1ncc(N)cc1C(=O)NCC(C)(C)CCO. The number of aryl methyl sites for hydroxylation is 1. The third-order valence-electron chi connectivity index (χ3n) is 2.87. The summed E-state index contributed by atoms with van der Waals surface area (Å²) in [4.78, 5) is 16.1. The van der Waals surface area contributed by atoms with Gasteiger partial charge in [-0.05, 0) is 24.8 Å². The molecule has 1 rings (SSSR count). The number of rotatable bonds is 5. The number of nitrogen functional groups attached to an aromatic ring is 1. The van der Waals surface area contributed by atoms with Crippen molar-refractivity contribution in [3.8, 4) is 0 Å². The first-order valence-electron chi connectivity index (χ1n) is 5.97. The van der Waals surface area contributed by atoms with Gasteiger partial charge in [-0.25, -0.2) is 0 Å². The maximum absolute atomic E-state index is 12.0. The van der Waals surface area contributed by atoms with Gasteiger partial charge < -0.3 is 16.2 Å². The van der Waals surface area contributed by atoms with Crippen LogP contribution in [0.4, 0.5) is 5.69 Å². The predicted octanol–water partition coefficient (Wildman–Crippen LogP) is 1.11. The zero-order valence-electron chi connectivity index (χ0n) is 11.2. The number of pyridine rings is 1. The molecule has 0 radical (unpaired) electrons. The summed E-state index contributed by atoms with van der Waals surface area (Å²) in [6, 6.07) is 1.62. The van der Waals surface area contributed by atoms with E-state index in [9.17, 15) is 4.79 Å². The predicted molar refractivity (Wildman–Crippen MR) is 71.2 cm³/mol. The average Bonchev–Trinajstić information content (AvgIpc) is 2.29. The maximum atomic E-state index is 12.0.